The maximum atomic E-state index is 11.4. The van der Waals surface area contributed by atoms with Crippen molar-refractivity contribution in [1.82, 2.24) is 0 Å². The van der Waals surface area contributed by atoms with E-state index in [-0.39, 0.29) is 0 Å². The normalized spacial score (nSPS) is 35.7. The van der Waals surface area contributed by atoms with Crippen LogP contribution in [0.25, 0.3) is 0 Å². The molecule has 0 radical (unpaired) electrons. The molecule has 0 aromatic carbocycles. The Labute approximate surface area is 88.9 Å². The Kier molecular flexibility index (Phi) is 2.43. The molecule has 2 aliphatic carbocycles. The zero-order valence-electron chi connectivity index (χ0n) is 6.65. The minimum atomic E-state index is 0.383. The van der Waals surface area contributed by atoms with Gasteiger partial charge in [0.15, 0.2) is 5.78 Å². The van der Waals surface area contributed by atoms with Crippen LogP contribution in [0.4, 0.5) is 0 Å². The van der Waals surface area contributed by atoms with Crippen molar-refractivity contribution in [3.8, 4) is 0 Å². The van der Waals surface area contributed by atoms with E-state index in [0.29, 0.717) is 15.4 Å². The molecular weight excluding hydrogens is 284 g/mol. The van der Waals surface area contributed by atoms with Crippen LogP contribution in [0.15, 0.2) is 11.1 Å². The third-order valence-electron chi connectivity index (χ3n) is 2.65. The predicted octanol–water partition coefficient (Wildman–Crippen LogP) is 2.97. The fourth-order valence-electron chi connectivity index (χ4n) is 1.93. The van der Waals surface area contributed by atoms with E-state index in [2.05, 4.69) is 31.9 Å². The first-order valence-electron chi connectivity index (χ1n) is 4.20. The van der Waals surface area contributed by atoms with Crippen LogP contribution < -0.4 is 0 Å². The summed E-state index contributed by atoms with van der Waals surface area (Å²) in [6.07, 6.45) is 3.74. The van der Waals surface area contributed by atoms with Gasteiger partial charge in [0.05, 0.1) is 0 Å². The third kappa shape index (κ3) is 1.41. The Bertz CT molecular complexity index is 257. The summed E-state index contributed by atoms with van der Waals surface area (Å²) in [6.45, 7) is 0. The molecule has 2 rings (SSSR count). The molecule has 0 amide bonds. The molecule has 1 nitrogen and oxygen atoms in total. The highest BCUT2D eigenvalue weighted by Crippen LogP contribution is 2.40. The molecule has 3 heteroatoms. The number of Topliss-reactive ketones (excluding diaryl/α,β-unsaturated/α-hetero) is 1. The molecule has 2 atom stereocenters. The molecule has 2 aliphatic rings. The third-order valence-corrected chi connectivity index (χ3v) is 5.28. The Morgan fingerprint density at radius 2 is 1.75 bits per heavy atom. The van der Waals surface area contributed by atoms with E-state index in [4.69, 9.17) is 0 Å². The lowest BCUT2D eigenvalue weighted by Gasteiger charge is -2.23. The minimum Gasteiger partial charge on any atom is -0.295 e. The first kappa shape index (κ1) is 8.95. The summed E-state index contributed by atoms with van der Waals surface area (Å²) in [6, 6.07) is 0. The molecule has 0 aromatic heterocycles. The van der Waals surface area contributed by atoms with Gasteiger partial charge in [0, 0.05) is 16.1 Å². The second-order valence-corrected chi connectivity index (χ2v) is 5.80. The highest BCUT2D eigenvalue weighted by molar-refractivity contribution is 9.12. The molecule has 0 aliphatic heterocycles. The van der Waals surface area contributed by atoms with Crippen LogP contribution >= 0.6 is 31.9 Å². The molecule has 0 bridgehead atoms. The number of allylic oxidation sites excluding steroid dienone is 2. The van der Waals surface area contributed by atoms with Gasteiger partial charge >= 0.3 is 0 Å². The van der Waals surface area contributed by atoms with Gasteiger partial charge in [0.1, 0.15) is 0 Å². The number of hydrogen-bond donors (Lipinski definition) is 0. The van der Waals surface area contributed by atoms with E-state index < -0.39 is 0 Å². The maximum absolute atomic E-state index is 11.4. The summed E-state index contributed by atoms with van der Waals surface area (Å²) in [7, 11) is 0. The fourth-order valence-corrected chi connectivity index (χ4v) is 3.02. The Morgan fingerprint density at radius 3 is 2.50 bits per heavy atom. The molecule has 12 heavy (non-hydrogen) atoms. The van der Waals surface area contributed by atoms with Crippen LogP contribution in [-0.2, 0) is 4.79 Å². The Hall–Kier alpha value is 0.370. The molecule has 0 saturated carbocycles. The largest absolute Gasteiger partial charge is 0.295 e. The zero-order valence-corrected chi connectivity index (χ0v) is 9.82. The quantitative estimate of drug-likeness (QED) is 0.628. The zero-order chi connectivity index (χ0) is 8.72. The molecule has 0 fully saturated rings. The monoisotopic (exact) mass is 292 g/mol. The molecule has 0 saturated heterocycles. The van der Waals surface area contributed by atoms with Crippen LogP contribution in [0.1, 0.15) is 25.7 Å². The minimum absolute atomic E-state index is 0.383. The van der Waals surface area contributed by atoms with Crippen molar-refractivity contribution in [3.63, 3.8) is 0 Å². The van der Waals surface area contributed by atoms with Gasteiger partial charge in [-0.25, -0.2) is 0 Å². The van der Waals surface area contributed by atoms with E-state index in [9.17, 15) is 4.79 Å². The first-order chi connectivity index (χ1) is 5.68. The lowest BCUT2D eigenvalue weighted by atomic mass is 9.93. The number of rotatable bonds is 0. The van der Waals surface area contributed by atoms with Crippen molar-refractivity contribution in [2.24, 2.45) is 0 Å². The lowest BCUT2D eigenvalue weighted by Crippen LogP contribution is -2.21. The van der Waals surface area contributed by atoms with Crippen molar-refractivity contribution in [2.45, 2.75) is 35.3 Å². The van der Waals surface area contributed by atoms with E-state index >= 15 is 0 Å². The molecule has 0 N–H and O–H groups in total. The fraction of sp³-hybridized carbons (Fsp3) is 0.667. The van der Waals surface area contributed by atoms with Gasteiger partial charge in [-0.3, -0.25) is 4.79 Å². The summed E-state index contributed by atoms with van der Waals surface area (Å²) in [4.78, 5) is 12.3. The van der Waals surface area contributed by atoms with Crippen LogP contribution in [-0.4, -0.2) is 15.4 Å². The molecular formula is C9H10Br2O. The first-order valence-corrected chi connectivity index (χ1v) is 6.04. The average molecular weight is 294 g/mol. The number of carbonyl (C=O) groups excluding carboxylic acids is 1. The van der Waals surface area contributed by atoms with E-state index in [1.165, 1.54) is 5.57 Å². The van der Waals surface area contributed by atoms with E-state index in [1.807, 2.05) is 0 Å². The van der Waals surface area contributed by atoms with Crippen molar-refractivity contribution in [2.75, 3.05) is 0 Å². The summed E-state index contributed by atoms with van der Waals surface area (Å²) >= 11 is 7.20. The standard InChI is InChI=1S/C9H10Br2O/c10-7-3-5-1-2-9(12)6(5)4-8(7)11/h7-8H,1-4H2. The van der Waals surface area contributed by atoms with Gasteiger partial charge < -0.3 is 0 Å². The van der Waals surface area contributed by atoms with Crippen LogP contribution in [0.2, 0.25) is 0 Å². The lowest BCUT2D eigenvalue weighted by molar-refractivity contribution is -0.115. The van der Waals surface area contributed by atoms with Gasteiger partial charge in [-0.2, -0.15) is 0 Å². The molecule has 0 heterocycles. The molecule has 0 spiro atoms. The number of hydrogen-bond acceptors (Lipinski definition) is 1. The molecule has 66 valence electrons. The maximum Gasteiger partial charge on any atom is 0.159 e. The second kappa shape index (κ2) is 3.26. The predicted molar refractivity (Wildman–Crippen MR) is 55.9 cm³/mol. The van der Waals surface area contributed by atoms with Gasteiger partial charge in [0.25, 0.3) is 0 Å². The summed E-state index contributed by atoms with van der Waals surface area (Å²) in [5.74, 6) is 0.383. The van der Waals surface area contributed by atoms with Crippen molar-refractivity contribution in [3.05, 3.63) is 11.1 Å². The van der Waals surface area contributed by atoms with Crippen LogP contribution in [0.3, 0.4) is 0 Å². The van der Waals surface area contributed by atoms with Crippen LogP contribution in [0, 0.1) is 0 Å². The molecule has 2 unspecified atom stereocenters. The van der Waals surface area contributed by atoms with Gasteiger partial charge in [0.2, 0.25) is 0 Å². The van der Waals surface area contributed by atoms with E-state index in [1.54, 1.807) is 0 Å². The smallest absolute Gasteiger partial charge is 0.159 e. The number of ketones is 1. The Morgan fingerprint density at radius 1 is 1.08 bits per heavy atom. The Balaban J connectivity index is 2.25. The van der Waals surface area contributed by atoms with E-state index in [0.717, 1.165) is 31.3 Å². The summed E-state index contributed by atoms with van der Waals surface area (Å²) < 4.78 is 0. The highest BCUT2D eigenvalue weighted by atomic mass is 79.9. The van der Waals surface area contributed by atoms with Gasteiger partial charge in [-0.15, -0.1) is 0 Å². The number of alkyl halides is 2. The van der Waals surface area contributed by atoms with Gasteiger partial charge in [-0.05, 0) is 24.8 Å². The number of halogens is 2. The van der Waals surface area contributed by atoms with Crippen molar-refractivity contribution < 1.29 is 4.79 Å². The topological polar surface area (TPSA) is 17.1 Å². The van der Waals surface area contributed by atoms with Crippen molar-refractivity contribution >= 4 is 37.6 Å². The average Bonchev–Trinajstić information content (AvgIpc) is 2.35. The summed E-state index contributed by atoms with van der Waals surface area (Å²) in [5, 5.41) is 0. The van der Waals surface area contributed by atoms with Gasteiger partial charge in [-0.1, -0.05) is 37.4 Å². The SMILES string of the molecule is O=C1CCC2=C1CC(Br)C(Br)C2. The summed E-state index contributed by atoms with van der Waals surface area (Å²) in [5.41, 5.74) is 2.52. The molecule has 0 aromatic rings. The highest BCUT2D eigenvalue weighted by Gasteiger charge is 2.32. The number of carbonyl (C=O) groups is 1. The van der Waals surface area contributed by atoms with Crippen LogP contribution in [0.5, 0.6) is 0 Å². The van der Waals surface area contributed by atoms with Crippen molar-refractivity contribution in [1.29, 1.82) is 0 Å². The second-order valence-electron chi connectivity index (χ2n) is 3.45.